The minimum absolute atomic E-state index is 0.0678. The van der Waals surface area contributed by atoms with Crippen molar-refractivity contribution in [1.82, 2.24) is 0 Å². The monoisotopic (exact) mass is 470 g/mol. The van der Waals surface area contributed by atoms with Gasteiger partial charge in [-0.25, -0.2) is 0 Å². The van der Waals surface area contributed by atoms with Gasteiger partial charge in [0.25, 0.3) is 0 Å². The first-order valence-corrected chi connectivity index (χ1v) is 10.1. The minimum atomic E-state index is 0.0678. The molecule has 0 N–H and O–H groups in total. The maximum atomic E-state index is 13.3. The van der Waals surface area contributed by atoms with E-state index < -0.39 is 0 Å². The van der Waals surface area contributed by atoms with Gasteiger partial charge in [0, 0.05) is 29.5 Å². The lowest BCUT2D eigenvalue weighted by Crippen LogP contribution is -2.06. The zero-order valence-corrected chi connectivity index (χ0v) is 17.0. The molecule has 0 saturated heterocycles. The number of rotatable bonds is 2. The molecular formula is C21H12Br2OS. The summed E-state index contributed by atoms with van der Waals surface area (Å²) in [4.78, 5) is 14.3. The van der Waals surface area contributed by atoms with E-state index in [9.17, 15) is 4.79 Å². The standard InChI is InChI=1S/C21H12Br2OS/c22-15-10-14(11-16(23)12-15)19-20(24)17-8-4-5-9-18(17)25-21(19)13-6-2-1-3-7-13/h1-12H. The van der Waals surface area contributed by atoms with Gasteiger partial charge < -0.3 is 0 Å². The average Bonchev–Trinajstić information content (AvgIpc) is 2.61. The molecule has 4 rings (SSSR count). The van der Waals surface area contributed by atoms with Crippen LogP contribution in [-0.2, 0) is 0 Å². The molecular weight excluding hydrogens is 460 g/mol. The van der Waals surface area contributed by atoms with Crippen molar-refractivity contribution in [3.8, 4) is 21.6 Å². The molecule has 0 bridgehead atoms. The zero-order chi connectivity index (χ0) is 17.4. The molecule has 0 unspecified atom stereocenters. The van der Waals surface area contributed by atoms with E-state index in [-0.39, 0.29) is 5.43 Å². The normalized spacial score (nSPS) is 11.0. The summed E-state index contributed by atoms with van der Waals surface area (Å²) in [6.45, 7) is 0. The van der Waals surface area contributed by atoms with Crippen LogP contribution in [0.2, 0.25) is 0 Å². The van der Waals surface area contributed by atoms with E-state index in [1.54, 1.807) is 11.3 Å². The van der Waals surface area contributed by atoms with E-state index in [4.69, 9.17) is 0 Å². The third-order valence-electron chi connectivity index (χ3n) is 3.99. The Morgan fingerprint density at radius 2 is 1.36 bits per heavy atom. The van der Waals surface area contributed by atoms with E-state index in [0.29, 0.717) is 0 Å². The average molecular weight is 472 g/mol. The molecule has 0 aliphatic carbocycles. The molecule has 4 heteroatoms. The predicted molar refractivity (Wildman–Crippen MR) is 114 cm³/mol. The van der Waals surface area contributed by atoms with Crippen molar-refractivity contribution in [3.05, 3.63) is 92.0 Å². The highest BCUT2D eigenvalue weighted by atomic mass is 79.9. The van der Waals surface area contributed by atoms with Gasteiger partial charge in [-0.1, -0.05) is 74.3 Å². The van der Waals surface area contributed by atoms with Crippen molar-refractivity contribution >= 4 is 53.3 Å². The second-order valence-corrected chi connectivity index (χ2v) is 8.54. The van der Waals surface area contributed by atoms with Gasteiger partial charge in [0.2, 0.25) is 0 Å². The van der Waals surface area contributed by atoms with Crippen molar-refractivity contribution in [2.75, 3.05) is 0 Å². The summed E-state index contributed by atoms with van der Waals surface area (Å²) in [6, 6.07) is 23.9. The molecule has 0 spiro atoms. The van der Waals surface area contributed by atoms with Crippen molar-refractivity contribution in [2.24, 2.45) is 0 Å². The summed E-state index contributed by atoms with van der Waals surface area (Å²) in [7, 11) is 0. The van der Waals surface area contributed by atoms with Gasteiger partial charge in [-0.05, 0) is 41.5 Å². The molecule has 3 aromatic carbocycles. The first-order chi connectivity index (χ1) is 12.1. The lowest BCUT2D eigenvalue weighted by Gasteiger charge is -2.11. The van der Waals surface area contributed by atoms with Crippen LogP contribution in [0, 0.1) is 0 Å². The number of hydrogen-bond acceptors (Lipinski definition) is 2. The van der Waals surface area contributed by atoms with Gasteiger partial charge >= 0.3 is 0 Å². The Morgan fingerprint density at radius 3 is 2.08 bits per heavy atom. The maximum Gasteiger partial charge on any atom is 0.196 e. The number of hydrogen-bond donors (Lipinski definition) is 0. The Kier molecular flexibility index (Phi) is 4.59. The van der Waals surface area contributed by atoms with Crippen molar-refractivity contribution in [2.45, 2.75) is 0 Å². The molecule has 0 saturated carbocycles. The highest BCUT2D eigenvalue weighted by molar-refractivity contribution is 9.11. The van der Waals surface area contributed by atoms with E-state index in [1.165, 1.54) is 0 Å². The van der Waals surface area contributed by atoms with Crippen LogP contribution in [0.1, 0.15) is 0 Å². The van der Waals surface area contributed by atoms with E-state index >= 15 is 0 Å². The lowest BCUT2D eigenvalue weighted by atomic mass is 10.0. The fourth-order valence-electron chi connectivity index (χ4n) is 2.90. The van der Waals surface area contributed by atoms with Gasteiger partial charge in [0.15, 0.2) is 5.43 Å². The Balaban J connectivity index is 2.14. The fourth-order valence-corrected chi connectivity index (χ4v) is 5.39. The smallest absolute Gasteiger partial charge is 0.196 e. The molecule has 0 radical (unpaired) electrons. The Morgan fingerprint density at radius 1 is 0.720 bits per heavy atom. The molecule has 0 fully saturated rings. The van der Waals surface area contributed by atoms with Crippen molar-refractivity contribution < 1.29 is 0 Å². The summed E-state index contributed by atoms with van der Waals surface area (Å²) < 4.78 is 2.88. The summed E-state index contributed by atoms with van der Waals surface area (Å²) in [5, 5.41) is 0.762. The van der Waals surface area contributed by atoms with E-state index in [1.807, 2.05) is 60.7 Å². The summed E-state index contributed by atoms with van der Waals surface area (Å²) in [5.74, 6) is 0. The van der Waals surface area contributed by atoms with Crippen LogP contribution in [0.3, 0.4) is 0 Å². The number of benzene rings is 3. The topological polar surface area (TPSA) is 17.1 Å². The fraction of sp³-hybridized carbons (Fsp3) is 0. The van der Waals surface area contributed by atoms with Crippen LogP contribution < -0.4 is 5.43 Å². The van der Waals surface area contributed by atoms with Gasteiger partial charge in [0.05, 0.1) is 0 Å². The van der Waals surface area contributed by atoms with Gasteiger partial charge in [-0.2, -0.15) is 0 Å². The van der Waals surface area contributed by atoms with Crippen LogP contribution in [-0.4, -0.2) is 0 Å². The third kappa shape index (κ3) is 3.22. The first kappa shape index (κ1) is 16.7. The van der Waals surface area contributed by atoms with E-state index in [2.05, 4.69) is 44.0 Å². The third-order valence-corrected chi connectivity index (χ3v) is 6.12. The molecule has 122 valence electrons. The van der Waals surface area contributed by atoms with Crippen LogP contribution in [0.5, 0.6) is 0 Å². The Bertz CT molecular complexity index is 1110. The largest absolute Gasteiger partial charge is 0.288 e. The molecule has 1 heterocycles. The molecule has 0 aliphatic rings. The Hall–Kier alpha value is -1.75. The molecule has 1 aromatic heterocycles. The van der Waals surface area contributed by atoms with Gasteiger partial charge in [-0.15, -0.1) is 11.3 Å². The second kappa shape index (κ2) is 6.87. The van der Waals surface area contributed by atoms with Crippen LogP contribution in [0.4, 0.5) is 0 Å². The SMILES string of the molecule is O=c1c(-c2cc(Br)cc(Br)c2)c(-c2ccccc2)sc2ccccc12. The van der Waals surface area contributed by atoms with Crippen LogP contribution in [0.25, 0.3) is 31.7 Å². The number of fused-ring (bicyclic) bond motifs is 1. The molecule has 0 atom stereocenters. The maximum absolute atomic E-state index is 13.3. The van der Waals surface area contributed by atoms with Crippen LogP contribution in [0.15, 0.2) is 86.5 Å². The molecule has 0 amide bonds. The number of halogens is 2. The summed E-state index contributed by atoms with van der Waals surface area (Å²) in [5.41, 5.74) is 2.78. The van der Waals surface area contributed by atoms with Crippen LogP contribution >= 0.6 is 43.2 Å². The quantitative estimate of drug-likeness (QED) is 0.304. The van der Waals surface area contributed by atoms with Crippen molar-refractivity contribution in [3.63, 3.8) is 0 Å². The predicted octanol–water partition coefficient (Wildman–Crippen LogP) is 7.12. The molecule has 0 aliphatic heterocycles. The summed E-state index contributed by atoms with van der Waals surface area (Å²) >= 11 is 8.73. The first-order valence-electron chi connectivity index (χ1n) is 7.71. The molecule has 4 aromatic rings. The molecule has 1 nitrogen and oxygen atoms in total. The Labute approximate surface area is 166 Å². The summed E-state index contributed by atoms with van der Waals surface area (Å²) in [6.07, 6.45) is 0. The minimum Gasteiger partial charge on any atom is -0.288 e. The lowest BCUT2D eigenvalue weighted by molar-refractivity contribution is 1.55. The van der Waals surface area contributed by atoms with Gasteiger partial charge in [-0.3, -0.25) is 4.79 Å². The molecule has 25 heavy (non-hydrogen) atoms. The van der Waals surface area contributed by atoms with E-state index in [0.717, 1.165) is 40.6 Å². The van der Waals surface area contributed by atoms with Crippen molar-refractivity contribution in [1.29, 1.82) is 0 Å². The zero-order valence-electron chi connectivity index (χ0n) is 13.0. The highest BCUT2D eigenvalue weighted by Crippen LogP contribution is 2.38. The van der Waals surface area contributed by atoms with Gasteiger partial charge in [0.1, 0.15) is 0 Å². The highest BCUT2D eigenvalue weighted by Gasteiger charge is 2.16. The second-order valence-electron chi connectivity index (χ2n) is 5.66.